The zero-order valence-electron chi connectivity index (χ0n) is 13.5. The Kier molecular flexibility index (Phi) is 4.69. The Morgan fingerprint density at radius 2 is 2.00 bits per heavy atom. The topological polar surface area (TPSA) is 49.8 Å². The van der Waals surface area contributed by atoms with E-state index < -0.39 is 0 Å². The minimum atomic E-state index is -0.312. The fourth-order valence-electron chi connectivity index (χ4n) is 3.88. The summed E-state index contributed by atoms with van der Waals surface area (Å²) in [4.78, 5) is 14.2. The summed E-state index contributed by atoms with van der Waals surface area (Å²) in [6.07, 6.45) is 2.38. The van der Waals surface area contributed by atoms with Gasteiger partial charge in [0.15, 0.2) is 0 Å². The highest BCUT2D eigenvalue weighted by atomic mass is 19.1. The van der Waals surface area contributed by atoms with Crippen LogP contribution in [0, 0.1) is 11.2 Å². The van der Waals surface area contributed by atoms with Crippen LogP contribution < -0.4 is 0 Å². The van der Waals surface area contributed by atoms with E-state index in [4.69, 9.17) is 4.74 Å². The number of likely N-dealkylation sites (tertiary alicyclic amines) is 1. The fourth-order valence-corrected chi connectivity index (χ4v) is 3.88. The zero-order valence-corrected chi connectivity index (χ0v) is 13.5. The van der Waals surface area contributed by atoms with E-state index in [0.29, 0.717) is 32.5 Å². The predicted molar refractivity (Wildman–Crippen MR) is 84.4 cm³/mol. The number of aliphatic hydroxyl groups excluding tert-OH is 1. The minimum absolute atomic E-state index is 0.0632. The fraction of sp³-hybridized carbons (Fsp3) is 0.611. The highest BCUT2D eigenvalue weighted by Crippen LogP contribution is 2.50. The van der Waals surface area contributed by atoms with Gasteiger partial charge in [-0.3, -0.25) is 4.79 Å². The van der Waals surface area contributed by atoms with Crippen LogP contribution in [0.1, 0.15) is 31.7 Å². The number of carbonyl (C=O) groups is 1. The van der Waals surface area contributed by atoms with Gasteiger partial charge in [-0.2, -0.15) is 0 Å². The van der Waals surface area contributed by atoms with Crippen LogP contribution in [0.25, 0.3) is 0 Å². The molecular formula is C18H24FNO3. The van der Waals surface area contributed by atoms with E-state index in [2.05, 4.69) is 0 Å². The maximum Gasteiger partial charge on any atom is 0.226 e. The van der Waals surface area contributed by atoms with Crippen molar-refractivity contribution >= 4 is 5.91 Å². The molecule has 3 rings (SSSR count). The van der Waals surface area contributed by atoms with Crippen molar-refractivity contribution in [1.82, 2.24) is 4.90 Å². The standard InChI is InChI=1S/C18H24FNO3/c1-2-23-16-12-15(21)18(16)7-9-20(10-8-18)17(22)11-13-3-5-14(19)6-4-13/h3-6,15-16,21H,2,7-12H2,1H3. The number of amides is 1. The molecule has 2 atom stereocenters. The maximum absolute atomic E-state index is 12.9. The average Bonchev–Trinajstić information content (AvgIpc) is 2.57. The van der Waals surface area contributed by atoms with E-state index in [1.165, 1.54) is 12.1 Å². The van der Waals surface area contributed by atoms with Crippen molar-refractivity contribution in [2.45, 2.75) is 44.8 Å². The first-order valence-corrected chi connectivity index (χ1v) is 8.37. The molecule has 1 amide bonds. The van der Waals surface area contributed by atoms with Crippen LogP contribution in [0.2, 0.25) is 0 Å². The van der Waals surface area contributed by atoms with Crippen LogP contribution in [-0.2, 0) is 16.0 Å². The summed E-state index contributed by atoms with van der Waals surface area (Å²) in [6.45, 7) is 3.94. The largest absolute Gasteiger partial charge is 0.392 e. The third-order valence-electron chi connectivity index (χ3n) is 5.43. The molecule has 1 heterocycles. The minimum Gasteiger partial charge on any atom is -0.392 e. The molecule has 126 valence electrons. The second-order valence-electron chi connectivity index (χ2n) is 6.61. The second kappa shape index (κ2) is 6.57. The molecular weight excluding hydrogens is 297 g/mol. The van der Waals surface area contributed by atoms with Crippen molar-refractivity contribution in [3.05, 3.63) is 35.6 Å². The first-order chi connectivity index (χ1) is 11.0. The van der Waals surface area contributed by atoms with Gasteiger partial charge in [0, 0.05) is 31.5 Å². The predicted octanol–water partition coefficient (Wildman–Crippen LogP) is 2.15. The number of halogens is 1. The molecule has 23 heavy (non-hydrogen) atoms. The van der Waals surface area contributed by atoms with E-state index in [1.807, 2.05) is 11.8 Å². The summed E-state index contributed by atoms with van der Waals surface area (Å²) in [5, 5.41) is 10.2. The van der Waals surface area contributed by atoms with Crippen LogP contribution in [0.3, 0.4) is 0 Å². The second-order valence-corrected chi connectivity index (χ2v) is 6.61. The van der Waals surface area contributed by atoms with Gasteiger partial charge in [-0.05, 0) is 37.5 Å². The lowest BCUT2D eigenvalue weighted by atomic mass is 9.58. The highest BCUT2D eigenvalue weighted by molar-refractivity contribution is 5.78. The molecule has 1 spiro atoms. The molecule has 2 unspecified atom stereocenters. The van der Waals surface area contributed by atoms with Crippen molar-refractivity contribution in [2.24, 2.45) is 5.41 Å². The molecule has 1 saturated heterocycles. The Labute approximate surface area is 136 Å². The zero-order chi connectivity index (χ0) is 16.4. The third kappa shape index (κ3) is 3.12. The molecule has 1 aromatic carbocycles. The molecule has 2 fully saturated rings. The molecule has 1 aliphatic carbocycles. The van der Waals surface area contributed by atoms with Crippen LogP contribution in [0.5, 0.6) is 0 Å². The number of aliphatic hydroxyl groups is 1. The number of rotatable bonds is 4. The Bertz CT molecular complexity index is 550. The van der Waals surface area contributed by atoms with Gasteiger partial charge in [0.1, 0.15) is 5.82 Å². The Balaban J connectivity index is 1.56. The monoisotopic (exact) mass is 321 g/mol. The number of hydrogen-bond donors (Lipinski definition) is 1. The number of nitrogens with zero attached hydrogens (tertiary/aromatic N) is 1. The van der Waals surface area contributed by atoms with Gasteiger partial charge in [-0.25, -0.2) is 4.39 Å². The Hall–Kier alpha value is -1.46. The number of ether oxygens (including phenoxy) is 1. The van der Waals surface area contributed by atoms with Crippen LogP contribution in [-0.4, -0.2) is 47.8 Å². The van der Waals surface area contributed by atoms with Crippen molar-refractivity contribution in [3.8, 4) is 0 Å². The molecule has 1 aromatic rings. The molecule has 5 heteroatoms. The number of benzene rings is 1. The van der Waals surface area contributed by atoms with Gasteiger partial charge in [0.05, 0.1) is 18.6 Å². The van der Waals surface area contributed by atoms with Crippen molar-refractivity contribution < 1.29 is 19.0 Å². The Morgan fingerprint density at radius 3 is 2.57 bits per heavy atom. The summed E-state index contributed by atoms with van der Waals surface area (Å²) in [7, 11) is 0. The van der Waals surface area contributed by atoms with E-state index in [9.17, 15) is 14.3 Å². The third-order valence-corrected chi connectivity index (χ3v) is 5.43. The van der Waals surface area contributed by atoms with Crippen molar-refractivity contribution in [1.29, 1.82) is 0 Å². The van der Waals surface area contributed by atoms with Crippen LogP contribution in [0.15, 0.2) is 24.3 Å². The summed E-state index contributed by atoms with van der Waals surface area (Å²) in [5.41, 5.74) is 0.662. The van der Waals surface area contributed by atoms with Gasteiger partial charge in [-0.1, -0.05) is 12.1 Å². The summed E-state index contributed by atoms with van der Waals surface area (Å²) >= 11 is 0. The van der Waals surface area contributed by atoms with E-state index in [1.54, 1.807) is 12.1 Å². The average molecular weight is 321 g/mol. The molecule has 4 nitrogen and oxygen atoms in total. The summed E-state index contributed by atoms with van der Waals surface area (Å²) in [5.74, 6) is -0.227. The summed E-state index contributed by atoms with van der Waals surface area (Å²) < 4.78 is 18.7. The van der Waals surface area contributed by atoms with Gasteiger partial charge in [0.2, 0.25) is 5.91 Å². The SMILES string of the molecule is CCOC1CC(O)C12CCN(C(=O)Cc1ccc(F)cc1)CC2. The number of piperidine rings is 1. The molecule has 1 N–H and O–H groups in total. The van der Waals surface area contributed by atoms with Crippen molar-refractivity contribution in [2.75, 3.05) is 19.7 Å². The number of hydrogen-bond acceptors (Lipinski definition) is 3. The van der Waals surface area contributed by atoms with Gasteiger partial charge < -0.3 is 14.7 Å². The number of carbonyl (C=O) groups excluding carboxylic acids is 1. The van der Waals surface area contributed by atoms with Crippen LogP contribution in [0.4, 0.5) is 4.39 Å². The van der Waals surface area contributed by atoms with Crippen LogP contribution >= 0.6 is 0 Å². The molecule has 0 bridgehead atoms. The normalized spacial score (nSPS) is 26.1. The lowest BCUT2D eigenvalue weighted by Crippen LogP contribution is -2.62. The first kappa shape index (κ1) is 16.4. The van der Waals surface area contributed by atoms with E-state index >= 15 is 0 Å². The maximum atomic E-state index is 12.9. The smallest absolute Gasteiger partial charge is 0.226 e. The summed E-state index contributed by atoms with van der Waals surface area (Å²) in [6, 6.07) is 6.06. The molecule has 1 aliphatic heterocycles. The first-order valence-electron chi connectivity index (χ1n) is 8.37. The van der Waals surface area contributed by atoms with Gasteiger partial charge >= 0.3 is 0 Å². The molecule has 0 radical (unpaired) electrons. The van der Waals surface area contributed by atoms with Crippen molar-refractivity contribution in [3.63, 3.8) is 0 Å². The van der Waals surface area contributed by atoms with Gasteiger partial charge in [-0.15, -0.1) is 0 Å². The van der Waals surface area contributed by atoms with E-state index in [-0.39, 0.29) is 29.3 Å². The quantitative estimate of drug-likeness (QED) is 0.924. The molecule has 2 aliphatic rings. The lowest BCUT2D eigenvalue weighted by molar-refractivity contribution is -0.210. The lowest BCUT2D eigenvalue weighted by Gasteiger charge is -2.56. The van der Waals surface area contributed by atoms with Gasteiger partial charge in [0.25, 0.3) is 0 Å². The highest BCUT2D eigenvalue weighted by Gasteiger charge is 2.56. The Morgan fingerprint density at radius 1 is 1.35 bits per heavy atom. The molecule has 0 aromatic heterocycles. The molecule has 1 saturated carbocycles. The van der Waals surface area contributed by atoms with E-state index in [0.717, 1.165) is 18.4 Å².